The summed E-state index contributed by atoms with van der Waals surface area (Å²) in [5, 5.41) is 12.4. The minimum atomic E-state index is -4.82. The third-order valence-corrected chi connectivity index (χ3v) is 9.07. The number of halogens is 4. The molecule has 0 fully saturated rings. The number of aryl methyl sites for hydroxylation is 1. The number of amides is 1. The summed E-state index contributed by atoms with van der Waals surface area (Å²) in [5.74, 6) is -3.96. The summed E-state index contributed by atoms with van der Waals surface area (Å²) in [5.41, 5.74) is 0.503. The largest absolute Gasteiger partial charge is 0.480 e. The fourth-order valence-electron chi connectivity index (χ4n) is 6.74. The van der Waals surface area contributed by atoms with Crippen LogP contribution in [-0.2, 0) is 37.3 Å². The van der Waals surface area contributed by atoms with Crippen molar-refractivity contribution in [2.75, 3.05) is 39.6 Å². The van der Waals surface area contributed by atoms with Gasteiger partial charge in [0.1, 0.15) is 11.9 Å². The second kappa shape index (κ2) is 13.4. The van der Waals surface area contributed by atoms with E-state index in [1.54, 1.807) is 44.4 Å². The van der Waals surface area contributed by atoms with Gasteiger partial charge in [-0.3, -0.25) is 9.59 Å². The number of rotatable bonds is 10. The Labute approximate surface area is 275 Å². The number of carboxylic acid groups (broad SMARTS) is 1. The number of anilines is 1. The van der Waals surface area contributed by atoms with Crippen LogP contribution in [0.15, 0.2) is 59.4 Å². The van der Waals surface area contributed by atoms with Crippen LogP contribution in [0.5, 0.6) is 0 Å². The lowest BCUT2D eigenvalue weighted by atomic mass is 9.87. The summed E-state index contributed by atoms with van der Waals surface area (Å²) < 4.78 is 61.0. The van der Waals surface area contributed by atoms with Crippen molar-refractivity contribution < 1.29 is 32.3 Å². The second-order valence-electron chi connectivity index (χ2n) is 12.7. The van der Waals surface area contributed by atoms with Crippen LogP contribution in [0.4, 0.5) is 23.2 Å². The number of likely N-dealkylation sites (N-methyl/N-ethyl adjacent to an activating group) is 1. The van der Waals surface area contributed by atoms with Crippen molar-refractivity contribution in [1.29, 1.82) is 0 Å². The van der Waals surface area contributed by atoms with Gasteiger partial charge in [-0.25, -0.2) is 9.18 Å². The summed E-state index contributed by atoms with van der Waals surface area (Å²) in [6.45, 7) is 0.638. The number of nitrogens with one attached hydrogen (secondary N) is 1. The molecule has 0 saturated carbocycles. The number of carbonyl (C=O) groups is 2. The number of hydrogen-bond acceptors (Lipinski definition) is 5. The Balaban J connectivity index is 1.55. The molecule has 1 aromatic heterocycles. The minimum Gasteiger partial charge on any atom is -0.480 e. The molecule has 2 N–H and O–H groups in total. The first kappa shape index (κ1) is 34.6. The average Bonchev–Trinajstić information content (AvgIpc) is 3.45. The normalized spacial score (nSPS) is 15.1. The Morgan fingerprint density at radius 2 is 1.77 bits per heavy atom. The highest BCUT2D eigenvalue weighted by molar-refractivity contribution is 6.01. The Morgan fingerprint density at radius 3 is 2.42 bits per heavy atom. The van der Waals surface area contributed by atoms with E-state index in [2.05, 4.69) is 5.32 Å². The summed E-state index contributed by atoms with van der Waals surface area (Å²) in [4.78, 5) is 42.8. The summed E-state index contributed by atoms with van der Waals surface area (Å²) in [6, 6.07) is 12.4. The molecule has 48 heavy (non-hydrogen) atoms. The highest BCUT2D eigenvalue weighted by Gasteiger charge is 2.42. The van der Waals surface area contributed by atoms with E-state index < -0.39 is 47.0 Å². The van der Waals surface area contributed by atoms with Crippen LogP contribution in [-0.4, -0.2) is 67.2 Å². The number of hydrogen-bond donors (Lipinski definition) is 2. The number of aliphatic carboxylic acids is 1. The van der Waals surface area contributed by atoms with E-state index >= 15 is 0 Å². The maximum Gasteiger partial charge on any atom is 0.417 e. The molecule has 8 nitrogen and oxygen atoms in total. The van der Waals surface area contributed by atoms with E-state index in [9.17, 15) is 37.1 Å². The molecule has 0 radical (unpaired) electrons. The van der Waals surface area contributed by atoms with Crippen molar-refractivity contribution in [2.45, 2.75) is 43.8 Å². The van der Waals surface area contributed by atoms with Crippen molar-refractivity contribution in [1.82, 2.24) is 14.8 Å². The molecule has 254 valence electrons. The summed E-state index contributed by atoms with van der Waals surface area (Å²) in [6.07, 6.45) is -3.97. The first-order chi connectivity index (χ1) is 22.6. The quantitative estimate of drug-likeness (QED) is 0.221. The molecule has 1 aliphatic carbocycles. The molecule has 1 heterocycles. The van der Waals surface area contributed by atoms with Crippen LogP contribution < -0.4 is 15.8 Å². The van der Waals surface area contributed by atoms with E-state index in [4.69, 9.17) is 0 Å². The van der Waals surface area contributed by atoms with Crippen molar-refractivity contribution in [3.05, 3.63) is 110 Å². The monoisotopic (exact) mass is 666 g/mol. The van der Waals surface area contributed by atoms with Gasteiger partial charge in [0, 0.05) is 51.0 Å². The lowest BCUT2D eigenvalue weighted by Crippen LogP contribution is -2.43. The van der Waals surface area contributed by atoms with Gasteiger partial charge in [0.15, 0.2) is 0 Å². The molecule has 0 spiro atoms. The Kier molecular flexibility index (Phi) is 9.68. The number of aromatic nitrogens is 1. The smallest absolute Gasteiger partial charge is 0.417 e. The predicted octanol–water partition coefficient (Wildman–Crippen LogP) is 5.37. The van der Waals surface area contributed by atoms with E-state index in [1.807, 2.05) is 19.0 Å². The molecule has 1 unspecified atom stereocenters. The van der Waals surface area contributed by atoms with Crippen LogP contribution in [0, 0.1) is 5.82 Å². The standard InChI is InChI=1S/C36H38F4N4O4/c1-42(2)17-16-20-12-15-28-25(18-20)32(36(38,39)40)30(34(46)44(28)5)24-14-13-22-21(8-6-9-23(22)24)19-27(35(47)48)41-33(45)31-26(37)10-7-11-29(31)43(3)4/h6-12,15,18,24,27H,13-14,16-17,19H2,1-5H3,(H,41,45)(H,47,48)/t24?,27-/m0/s1. The SMILES string of the molecule is CN(C)CCc1ccc2c(c1)c(C(F)(F)F)c(C1CCc3c(C[C@H](NC(=O)c4c(F)cccc4N(C)C)C(=O)O)cccc31)c(=O)n2C. The van der Waals surface area contributed by atoms with E-state index in [0.717, 1.165) is 11.6 Å². The van der Waals surface area contributed by atoms with Crippen LogP contribution in [0.1, 0.15) is 56.1 Å². The third kappa shape index (κ3) is 6.66. The zero-order chi connectivity index (χ0) is 35.1. The molecule has 0 aliphatic heterocycles. The molecule has 1 amide bonds. The van der Waals surface area contributed by atoms with Gasteiger partial charge >= 0.3 is 12.1 Å². The maximum absolute atomic E-state index is 15.0. The van der Waals surface area contributed by atoms with Gasteiger partial charge in [0.25, 0.3) is 11.5 Å². The Bertz CT molecular complexity index is 1950. The topological polar surface area (TPSA) is 94.9 Å². The van der Waals surface area contributed by atoms with E-state index in [-0.39, 0.29) is 40.6 Å². The molecule has 3 aromatic carbocycles. The van der Waals surface area contributed by atoms with Crippen LogP contribution >= 0.6 is 0 Å². The van der Waals surface area contributed by atoms with Crippen LogP contribution in [0.25, 0.3) is 10.9 Å². The molecule has 12 heteroatoms. The zero-order valence-corrected chi connectivity index (χ0v) is 27.4. The molecule has 4 aromatic rings. The molecular weight excluding hydrogens is 628 g/mol. The molecule has 5 rings (SSSR count). The molecule has 1 aliphatic rings. The summed E-state index contributed by atoms with van der Waals surface area (Å²) in [7, 11) is 8.48. The first-order valence-corrected chi connectivity index (χ1v) is 15.6. The average molecular weight is 667 g/mol. The van der Waals surface area contributed by atoms with Crippen molar-refractivity contribution >= 4 is 28.5 Å². The molecule has 2 atom stereocenters. The van der Waals surface area contributed by atoms with Crippen LogP contribution in [0.3, 0.4) is 0 Å². The van der Waals surface area contributed by atoms with Gasteiger partial charge in [0.2, 0.25) is 0 Å². The van der Waals surface area contributed by atoms with Gasteiger partial charge in [-0.1, -0.05) is 30.3 Å². The van der Waals surface area contributed by atoms with E-state index in [1.165, 1.54) is 34.7 Å². The number of carboxylic acids is 1. The molecule has 0 saturated heterocycles. The van der Waals surface area contributed by atoms with Crippen molar-refractivity contribution in [3.8, 4) is 0 Å². The van der Waals surface area contributed by atoms with Gasteiger partial charge in [-0.05, 0) is 79.9 Å². The van der Waals surface area contributed by atoms with Gasteiger partial charge in [-0.15, -0.1) is 0 Å². The Morgan fingerprint density at radius 1 is 1.06 bits per heavy atom. The number of carbonyl (C=O) groups excluding carboxylic acids is 1. The van der Waals surface area contributed by atoms with Gasteiger partial charge in [0.05, 0.1) is 22.3 Å². The van der Waals surface area contributed by atoms with Crippen molar-refractivity contribution in [3.63, 3.8) is 0 Å². The van der Waals surface area contributed by atoms with Gasteiger partial charge < -0.3 is 24.8 Å². The highest BCUT2D eigenvalue weighted by Crippen LogP contribution is 2.45. The van der Waals surface area contributed by atoms with Crippen LogP contribution in [0.2, 0.25) is 0 Å². The second-order valence-corrected chi connectivity index (χ2v) is 12.7. The van der Waals surface area contributed by atoms with Gasteiger partial charge in [-0.2, -0.15) is 13.2 Å². The summed E-state index contributed by atoms with van der Waals surface area (Å²) >= 11 is 0. The third-order valence-electron chi connectivity index (χ3n) is 9.07. The number of alkyl halides is 3. The lowest BCUT2D eigenvalue weighted by Gasteiger charge is -2.23. The number of pyridine rings is 1. The lowest BCUT2D eigenvalue weighted by molar-refractivity contribution is -0.139. The zero-order valence-electron chi connectivity index (χ0n) is 27.4. The number of fused-ring (bicyclic) bond motifs is 2. The molecular formula is C36H38F4N4O4. The Hall–Kier alpha value is -4.71. The minimum absolute atomic E-state index is 0.0423. The van der Waals surface area contributed by atoms with E-state index in [0.29, 0.717) is 36.1 Å². The van der Waals surface area contributed by atoms with Crippen molar-refractivity contribution in [2.24, 2.45) is 7.05 Å². The number of nitrogens with zero attached hydrogens (tertiary/aromatic N) is 3. The maximum atomic E-state index is 15.0. The first-order valence-electron chi connectivity index (χ1n) is 15.6. The number of benzene rings is 3. The molecule has 0 bridgehead atoms. The predicted molar refractivity (Wildman–Crippen MR) is 176 cm³/mol. The fraction of sp³-hybridized carbons (Fsp3) is 0.361. The highest BCUT2D eigenvalue weighted by atomic mass is 19.4. The fourth-order valence-corrected chi connectivity index (χ4v) is 6.74.